The minimum absolute atomic E-state index is 0. The minimum Gasteiger partial charge on any atom is -0.317 e. The van der Waals surface area contributed by atoms with Gasteiger partial charge >= 0.3 is 0 Å². The lowest BCUT2D eigenvalue weighted by atomic mass is 9.84. The van der Waals surface area contributed by atoms with Crippen LogP contribution in [0.2, 0.25) is 5.02 Å². The maximum atomic E-state index is 12.3. The molecule has 1 aromatic heterocycles. The third kappa shape index (κ3) is 5.38. The van der Waals surface area contributed by atoms with Crippen LogP contribution in [0.3, 0.4) is 0 Å². The zero-order valence-corrected chi connectivity index (χ0v) is 16.4. The van der Waals surface area contributed by atoms with Crippen molar-refractivity contribution in [2.45, 2.75) is 26.2 Å². The molecule has 0 radical (unpaired) electrons. The van der Waals surface area contributed by atoms with E-state index in [2.05, 4.69) is 27.8 Å². The lowest BCUT2D eigenvalue weighted by molar-refractivity contribution is -0.117. The summed E-state index contributed by atoms with van der Waals surface area (Å²) >= 11 is 7.52. The van der Waals surface area contributed by atoms with Crippen LogP contribution in [0.15, 0.2) is 24.3 Å². The first-order valence-electron chi connectivity index (χ1n) is 8.22. The van der Waals surface area contributed by atoms with Gasteiger partial charge in [0.05, 0.1) is 5.02 Å². The number of carbonyl (C=O) groups excluding carboxylic acids is 1. The summed E-state index contributed by atoms with van der Waals surface area (Å²) in [7, 11) is 0. The molecule has 2 N–H and O–H groups in total. The summed E-state index contributed by atoms with van der Waals surface area (Å²) in [6.07, 6.45) is 2.81. The maximum Gasteiger partial charge on any atom is 0.226 e. The smallest absolute Gasteiger partial charge is 0.226 e. The van der Waals surface area contributed by atoms with Crippen LogP contribution in [-0.4, -0.2) is 29.2 Å². The fraction of sp³-hybridized carbons (Fsp3) is 0.471. The molecule has 1 aliphatic rings. The van der Waals surface area contributed by atoms with Crippen molar-refractivity contribution in [2.24, 2.45) is 11.8 Å². The fourth-order valence-electron chi connectivity index (χ4n) is 3.06. The summed E-state index contributed by atoms with van der Waals surface area (Å²) in [5.41, 5.74) is 0.834. The van der Waals surface area contributed by atoms with E-state index >= 15 is 0 Å². The highest BCUT2D eigenvalue weighted by Gasteiger charge is 2.22. The molecule has 3 rings (SSSR count). The van der Waals surface area contributed by atoms with Crippen molar-refractivity contribution in [1.29, 1.82) is 0 Å². The highest BCUT2D eigenvalue weighted by atomic mass is 35.5. The predicted molar refractivity (Wildman–Crippen MR) is 106 cm³/mol. The molecule has 136 valence electrons. The van der Waals surface area contributed by atoms with Crippen molar-refractivity contribution in [1.82, 2.24) is 15.5 Å². The number of carbonyl (C=O) groups is 1. The number of amides is 1. The van der Waals surface area contributed by atoms with E-state index in [1.54, 1.807) is 0 Å². The van der Waals surface area contributed by atoms with Gasteiger partial charge in [0, 0.05) is 12.0 Å². The fourth-order valence-corrected chi connectivity index (χ4v) is 4.14. The highest BCUT2D eigenvalue weighted by Crippen LogP contribution is 2.32. The molecule has 8 heteroatoms. The SMILES string of the molecule is CC(CC(=O)Nc1nnc(-c2ccccc2Cl)s1)C1CCNCC1.Cl. The molecule has 0 saturated carbocycles. The van der Waals surface area contributed by atoms with Crippen LogP contribution >= 0.6 is 35.3 Å². The molecule has 1 fully saturated rings. The molecule has 1 amide bonds. The summed E-state index contributed by atoms with van der Waals surface area (Å²) in [4.78, 5) is 12.3. The van der Waals surface area contributed by atoms with Gasteiger partial charge in [0.25, 0.3) is 0 Å². The number of anilines is 1. The van der Waals surface area contributed by atoms with Gasteiger partial charge in [-0.25, -0.2) is 0 Å². The second-order valence-corrected chi connectivity index (χ2v) is 7.59. The Bertz CT molecular complexity index is 703. The van der Waals surface area contributed by atoms with Gasteiger partial charge in [0.2, 0.25) is 11.0 Å². The monoisotopic (exact) mass is 400 g/mol. The Labute approximate surface area is 163 Å². The topological polar surface area (TPSA) is 66.9 Å². The Morgan fingerprint density at radius 1 is 1.36 bits per heavy atom. The number of hydrogen-bond donors (Lipinski definition) is 2. The van der Waals surface area contributed by atoms with E-state index in [0.717, 1.165) is 31.5 Å². The number of rotatable bonds is 5. The Morgan fingerprint density at radius 3 is 2.80 bits per heavy atom. The summed E-state index contributed by atoms with van der Waals surface area (Å²) in [6.45, 7) is 4.26. The van der Waals surface area contributed by atoms with E-state index in [1.165, 1.54) is 11.3 Å². The molecule has 2 aromatic rings. The molecule has 0 aliphatic carbocycles. The first kappa shape index (κ1) is 20.1. The molecule has 2 heterocycles. The highest BCUT2D eigenvalue weighted by molar-refractivity contribution is 7.18. The number of benzene rings is 1. The molecular formula is C17H22Cl2N4OS. The van der Waals surface area contributed by atoms with Crippen molar-refractivity contribution >= 4 is 46.4 Å². The van der Waals surface area contributed by atoms with Crippen LogP contribution in [0.5, 0.6) is 0 Å². The normalized spacial score (nSPS) is 16.1. The Hall–Kier alpha value is -1.21. The van der Waals surface area contributed by atoms with E-state index in [1.807, 2.05) is 24.3 Å². The van der Waals surface area contributed by atoms with Gasteiger partial charge in [-0.15, -0.1) is 22.6 Å². The van der Waals surface area contributed by atoms with Crippen molar-refractivity contribution in [3.8, 4) is 10.6 Å². The van der Waals surface area contributed by atoms with Crippen LogP contribution in [0.25, 0.3) is 10.6 Å². The first-order chi connectivity index (χ1) is 11.6. The molecule has 1 aliphatic heterocycles. The maximum absolute atomic E-state index is 12.3. The van der Waals surface area contributed by atoms with E-state index in [4.69, 9.17) is 11.6 Å². The average molecular weight is 401 g/mol. The molecule has 1 atom stereocenters. The molecule has 1 aromatic carbocycles. The van der Waals surface area contributed by atoms with Gasteiger partial charge in [-0.1, -0.05) is 48.1 Å². The second-order valence-electron chi connectivity index (χ2n) is 6.21. The lowest BCUT2D eigenvalue weighted by Crippen LogP contribution is -2.32. The second kappa shape index (κ2) is 9.48. The number of hydrogen-bond acceptors (Lipinski definition) is 5. The van der Waals surface area contributed by atoms with Crippen LogP contribution in [0.1, 0.15) is 26.2 Å². The summed E-state index contributed by atoms with van der Waals surface area (Å²) < 4.78 is 0. The van der Waals surface area contributed by atoms with Gasteiger partial charge in [-0.2, -0.15) is 0 Å². The third-order valence-corrected chi connectivity index (χ3v) is 5.67. The van der Waals surface area contributed by atoms with Gasteiger partial charge in [0.15, 0.2) is 5.01 Å². The first-order valence-corrected chi connectivity index (χ1v) is 9.42. The van der Waals surface area contributed by atoms with E-state index in [-0.39, 0.29) is 18.3 Å². The molecule has 25 heavy (non-hydrogen) atoms. The van der Waals surface area contributed by atoms with Crippen LogP contribution in [-0.2, 0) is 4.79 Å². The third-order valence-electron chi connectivity index (χ3n) is 4.47. The number of halogens is 2. The van der Waals surface area contributed by atoms with Crippen molar-refractivity contribution < 1.29 is 4.79 Å². The van der Waals surface area contributed by atoms with Gasteiger partial charge < -0.3 is 10.6 Å². The van der Waals surface area contributed by atoms with E-state index in [0.29, 0.717) is 33.4 Å². The molecule has 0 spiro atoms. The predicted octanol–water partition coefficient (Wildman–Crippen LogP) is 4.24. The van der Waals surface area contributed by atoms with Crippen molar-refractivity contribution in [2.75, 3.05) is 18.4 Å². The van der Waals surface area contributed by atoms with Crippen LogP contribution in [0.4, 0.5) is 5.13 Å². The standard InChI is InChI=1S/C17H21ClN4OS.ClH/c1-11(12-6-8-19-9-7-12)10-15(23)20-17-22-21-16(24-17)13-4-2-3-5-14(13)18;/h2-5,11-12,19H,6-10H2,1H3,(H,20,22,23);1H. The number of aromatic nitrogens is 2. The molecule has 1 unspecified atom stereocenters. The molecule has 0 bridgehead atoms. The molecule has 1 saturated heterocycles. The largest absolute Gasteiger partial charge is 0.317 e. The summed E-state index contributed by atoms with van der Waals surface area (Å²) in [6, 6.07) is 7.49. The molecular weight excluding hydrogens is 379 g/mol. The summed E-state index contributed by atoms with van der Waals surface area (Å²) in [5.74, 6) is 0.996. The van der Waals surface area contributed by atoms with Gasteiger partial charge in [-0.3, -0.25) is 4.79 Å². The van der Waals surface area contributed by atoms with Crippen molar-refractivity contribution in [3.63, 3.8) is 0 Å². The van der Waals surface area contributed by atoms with Gasteiger partial charge in [0.1, 0.15) is 0 Å². The van der Waals surface area contributed by atoms with Crippen molar-refractivity contribution in [3.05, 3.63) is 29.3 Å². The summed E-state index contributed by atoms with van der Waals surface area (Å²) in [5, 5.41) is 16.3. The Balaban J connectivity index is 0.00000225. The molecule has 5 nitrogen and oxygen atoms in total. The minimum atomic E-state index is 0. The zero-order chi connectivity index (χ0) is 16.9. The average Bonchev–Trinajstić information content (AvgIpc) is 3.04. The van der Waals surface area contributed by atoms with E-state index in [9.17, 15) is 4.79 Å². The lowest BCUT2D eigenvalue weighted by Gasteiger charge is -2.27. The van der Waals surface area contributed by atoms with Gasteiger partial charge in [-0.05, 0) is 43.8 Å². The zero-order valence-electron chi connectivity index (χ0n) is 14.0. The quantitative estimate of drug-likeness (QED) is 0.786. The number of nitrogens with zero attached hydrogens (tertiary/aromatic N) is 2. The Kier molecular flexibility index (Phi) is 7.62. The number of nitrogens with one attached hydrogen (secondary N) is 2. The number of piperidine rings is 1. The van der Waals surface area contributed by atoms with Crippen LogP contribution in [0, 0.1) is 11.8 Å². The Morgan fingerprint density at radius 2 is 2.08 bits per heavy atom. The van der Waals surface area contributed by atoms with Crippen LogP contribution < -0.4 is 10.6 Å². The van der Waals surface area contributed by atoms with E-state index < -0.39 is 0 Å².